The van der Waals surface area contributed by atoms with E-state index in [1.165, 1.54) is 79.1 Å². The Hall–Kier alpha value is -2.76. The van der Waals surface area contributed by atoms with Crippen molar-refractivity contribution in [1.82, 2.24) is 9.62 Å². The molecule has 0 radical (unpaired) electrons. The molecule has 46 heavy (non-hydrogen) atoms. The summed E-state index contributed by atoms with van der Waals surface area (Å²) in [7, 11) is -4.52. The van der Waals surface area contributed by atoms with Gasteiger partial charge in [0.15, 0.2) is 6.04 Å². The molecule has 4 fully saturated rings. The third-order valence-corrected chi connectivity index (χ3v) is 11.8. The molecule has 252 valence electrons. The molecule has 2 bridgehead atoms. The van der Waals surface area contributed by atoms with Crippen molar-refractivity contribution in [3.05, 3.63) is 54.1 Å². The summed E-state index contributed by atoms with van der Waals surface area (Å²) >= 11 is 0. The number of fused-ring (bicyclic) bond motifs is 2. The fourth-order valence-corrected chi connectivity index (χ4v) is 9.00. The van der Waals surface area contributed by atoms with Gasteiger partial charge < -0.3 is 20.1 Å². The second kappa shape index (κ2) is 14.2. The number of sulfonamides is 1. The van der Waals surface area contributed by atoms with Crippen molar-refractivity contribution in [3.63, 3.8) is 0 Å². The summed E-state index contributed by atoms with van der Waals surface area (Å²) in [6.07, 6.45) is 13.4. The molecule has 3 atom stereocenters. The van der Waals surface area contributed by atoms with Crippen LogP contribution in [0.3, 0.4) is 0 Å². The smallest absolute Gasteiger partial charge is 0.298 e. The van der Waals surface area contributed by atoms with Gasteiger partial charge in [0.1, 0.15) is 11.5 Å². The van der Waals surface area contributed by atoms with Crippen molar-refractivity contribution in [2.24, 2.45) is 11.7 Å². The van der Waals surface area contributed by atoms with Gasteiger partial charge in [-0.3, -0.25) is 4.79 Å². The number of amides is 1. The fraction of sp³-hybridized carbons (Fsp3) is 0.629. The van der Waals surface area contributed by atoms with Crippen molar-refractivity contribution < 1.29 is 31.5 Å². The van der Waals surface area contributed by atoms with Crippen LogP contribution in [0.5, 0.6) is 11.5 Å². The molecule has 1 amide bonds. The van der Waals surface area contributed by atoms with E-state index in [1.807, 2.05) is 0 Å². The highest BCUT2D eigenvalue weighted by Gasteiger charge is 2.53. The number of piperidine rings is 1. The SMILES string of the molecule is NC1CC2CCC(C1)N2C(=O)[C@@H](NS(=O)(=O)c1ccc(OCC2CCCCC2)cc1)C(F)(F)c1ccc(OC2CCCCC2)cc1. The molecule has 2 heterocycles. The number of halogens is 2. The highest BCUT2D eigenvalue weighted by Crippen LogP contribution is 2.40. The zero-order valence-electron chi connectivity index (χ0n) is 26.4. The Balaban J connectivity index is 1.22. The molecule has 2 unspecified atom stereocenters. The Morgan fingerprint density at radius 3 is 2.02 bits per heavy atom. The standard InChI is InChI=1S/C35H47F2N3O5S/c36-35(37,25-11-15-31(16-12-25)45-30-9-5-2-6-10-30)33(34(41)40-27-13-14-28(40)22-26(38)21-27)39-46(42,43)32-19-17-29(18-20-32)44-23-24-7-3-1-4-8-24/h11-12,15-20,24,26-28,30,33,39H,1-10,13-14,21-23,38H2/t26?,27?,28?,33-/m1/s1. The molecule has 2 aromatic carbocycles. The minimum atomic E-state index is -4.52. The first-order chi connectivity index (χ1) is 22.1. The van der Waals surface area contributed by atoms with Gasteiger partial charge in [-0.2, -0.15) is 13.5 Å². The monoisotopic (exact) mass is 659 g/mol. The van der Waals surface area contributed by atoms with Crippen LogP contribution in [0.2, 0.25) is 0 Å². The summed E-state index contributed by atoms with van der Waals surface area (Å²) in [6.45, 7) is 0.555. The van der Waals surface area contributed by atoms with Crippen molar-refractivity contribution in [2.45, 2.75) is 131 Å². The van der Waals surface area contributed by atoms with Gasteiger partial charge in [-0.05, 0) is 119 Å². The van der Waals surface area contributed by atoms with E-state index < -0.39 is 33.5 Å². The maximum absolute atomic E-state index is 16.5. The van der Waals surface area contributed by atoms with Gasteiger partial charge in [-0.15, -0.1) is 0 Å². The number of carbonyl (C=O) groups is 1. The van der Waals surface area contributed by atoms with E-state index in [9.17, 15) is 13.2 Å². The van der Waals surface area contributed by atoms with Crippen LogP contribution in [-0.4, -0.2) is 56.1 Å². The van der Waals surface area contributed by atoms with Crippen LogP contribution in [0.4, 0.5) is 8.78 Å². The predicted molar refractivity (Wildman–Crippen MR) is 171 cm³/mol. The number of nitrogens with zero attached hydrogens (tertiary/aromatic N) is 1. The Kier molecular flexibility index (Phi) is 10.2. The van der Waals surface area contributed by atoms with Gasteiger partial charge >= 0.3 is 0 Å². The lowest BCUT2D eigenvalue weighted by molar-refractivity contribution is -0.149. The van der Waals surface area contributed by atoms with E-state index in [-0.39, 0.29) is 29.1 Å². The van der Waals surface area contributed by atoms with Crippen LogP contribution in [0.1, 0.15) is 95.5 Å². The molecule has 3 N–H and O–H groups in total. The van der Waals surface area contributed by atoms with Gasteiger partial charge in [0, 0.05) is 23.7 Å². The Labute approximate surface area is 271 Å². The lowest BCUT2D eigenvalue weighted by Crippen LogP contribution is -2.60. The zero-order chi connectivity index (χ0) is 32.3. The van der Waals surface area contributed by atoms with Gasteiger partial charge in [-0.1, -0.05) is 25.7 Å². The summed E-state index contributed by atoms with van der Waals surface area (Å²) < 4.78 is 74.3. The highest BCUT2D eigenvalue weighted by molar-refractivity contribution is 7.89. The number of rotatable bonds is 11. The van der Waals surface area contributed by atoms with Crippen LogP contribution in [0.15, 0.2) is 53.4 Å². The lowest BCUT2D eigenvalue weighted by Gasteiger charge is -2.41. The Morgan fingerprint density at radius 1 is 0.848 bits per heavy atom. The Morgan fingerprint density at radius 2 is 1.41 bits per heavy atom. The van der Waals surface area contributed by atoms with Gasteiger partial charge in [0.25, 0.3) is 5.92 Å². The topological polar surface area (TPSA) is 111 Å². The molecule has 2 aromatic rings. The maximum Gasteiger partial charge on any atom is 0.298 e. The number of benzene rings is 2. The molecule has 0 spiro atoms. The number of nitrogens with one attached hydrogen (secondary N) is 1. The number of hydrogen-bond acceptors (Lipinski definition) is 6. The largest absolute Gasteiger partial charge is 0.493 e. The summed E-state index contributed by atoms with van der Waals surface area (Å²) in [5.41, 5.74) is 5.72. The van der Waals surface area contributed by atoms with Gasteiger partial charge in [0.05, 0.1) is 17.6 Å². The molecule has 2 saturated carbocycles. The molecule has 4 aliphatic rings. The first-order valence-corrected chi connectivity index (χ1v) is 18.6. The van der Waals surface area contributed by atoms with Crippen LogP contribution in [0, 0.1) is 5.92 Å². The summed E-state index contributed by atoms with van der Waals surface area (Å²) in [5, 5.41) is 0. The highest BCUT2D eigenvalue weighted by atomic mass is 32.2. The summed E-state index contributed by atoms with van der Waals surface area (Å²) in [4.78, 5) is 15.3. The normalized spacial score (nSPS) is 25.3. The van der Waals surface area contributed by atoms with Crippen LogP contribution in [0.25, 0.3) is 0 Å². The van der Waals surface area contributed by atoms with E-state index >= 15 is 8.78 Å². The number of alkyl halides is 2. The van der Waals surface area contributed by atoms with Crippen molar-refractivity contribution >= 4 is 15.9 Å². The number of hydrogen-bond donors (Lipinski definition) is 2. The van der Waals surface area contributed by atoms with Crippen molar-refractivity contribution in [1.29, 1.82) is 0 Å². The number of carbonyl (C=O) groups excluding carboxylic acids is 1. The van der Waals surface area contributed by atoms with Crippen LogP contribution < -0.4 is 19.9 Å². The summed E-state index contributed by atoms with van der Waals surface area (Å²) in [6, 6.07) is 8.08. The van der Waals surface area contributed by atoms with E-state index in [0.717, 1.165) is 38.5 Å². The lowest BCUT2D eigenvalue weighted by atomic mass is 9.90. The molecule has 0 aromatic heterocycles. The van der Waals surface area contributed by atoms with Gasteiger partial charge in [0.2, 0.25) is 15.9 Å². The predicted octanol–water partition coefficient (Wildman–Crippen LogP) is 6.28. The molecular weight excluding hydrogens is 612 g/mol. The molecular formula is C35H47F2N3O5S. The number of ether oxygens (including phenoxy) is 2. The first-order valence-electron chi connectivity index (χ1n) is 17.1. The maximum atomic E-state index is 16.5. The molecule has 11 heteroatoms. The second-order valence-corrected chi connectivity index (χ2v) is 15.4. The van der Waals surface area contributed by atoms with Crippen molar-refractivity contribution in [3.8, 4) is 11.5 Å². The molecule has 8 nitrogen and oxygen atoms in total. The molecule has 2 saturated heterocycles. The van der Waals surface area contributed by atoms with E-state index in [0.29, 0.717) is 49.7 Å². The van der Waals surface area contributed by atoms with Crippen molar-refractivity contribution in [2.75, 3.05) is 6.61 Å². The molecule has 2 aliphatic heterocycles. The molecule has 6 rings (SSSR count). The second-order valence-electron chi connectivity index (χ2n) is 13.7. The van der Waals surface area contributed by atoms with E-state index in [4.69, 9.17) is 15.2 Å². The third-order valence-electron chi connectivity index (χ3n) is 10.3. The van der Waals surface area contributed by atoms with E-state index in [1.54, 1.807) is 0 Å². The first kappa shape index (κ1) is 33.2. The average molecular weight is 660 g/mol. The fourth-order valence-electron chi connectivity index (χ4n) is 7.81. The molecule has 2 aliphatic carbocycles. The average Bonchev–Trinajstić information content (AvgIpc) is 3.34. The minimum Gasteiger partial charge on any atom is -0.493 e. The zero-order valence-corrected chi connectivity index (χ0v) is 27.2. The van der Waals surface area contributed by atoms with E-state index in [2.05, 4.69) is 4.72 Å². The number of nitrogens with two attached hydrogens (primary N) is 1. The van der Waals surface area contributed by atoms with Crippen LogP contribution >= 0.6 is 0 Å². The quantitative estimate of drug-likeness (QED) is 0.294. The third kappa shape index (κ3) is 7.52. The summed E-state index contributed by atoms with van der Waals surface area (Å²) in [5.74, 6) is -3.32. The van der Waals surface area contributed by atoms with Crippen LogP contribution in [-0.2, 0) is 20.7 Å². The minimum absolute atomic E-state index is 0.0474. The van der Waals surface area contributed by atoms with Gasteiger partial charge in [-0.25, -0.2) is 8.42 Å². The Bertz CT molecular complexity index is 1410.